The molecule has 2 amide bonds. The molecule has 0 bridgehead atoms. The summed E-state index contributed by atoms with van der Waals surface area (Å²) < 4.78 is 5.68. The summed E-state index contributed by atoms with van der Waals surface area (Å²) >= 11 is 0. The molecule has 1 aliphatic carbocycles. The van der Waals surface area contributed by atoms with Crippen LogP contribution in [0, 0.1) is 11.3 Å². The Morgan fingerprint density at radius 3 is 2.06 bits per heavy atom. The van der Waals surface area contributed by atoms with Gasteiger partial charge < -0.3 is 20.1 Å². The molecule has 0 radical (unpaired) electrons. The van der Waals surface area contributed by atoms with E-state index in [4.69, 9.17) is 9.84 Å². The molecule has 182 valence electrons. The standard InChI is InChI=1S/C27H34N2O5/c1-17(2)24(27(3,4)25(32)29(5)15-14-23(30)31)28-26(33)34-16-22-20-12-8-6-10-18(20)19-11-7-9-13-21(19)22/h6-13,17,22,24H,14-16H2,1-5H3,(H,28,33)(H,30,31). The van der Waals surface area contributed by atoms with E-state index in [-0.39, 0.29) is 37.3 Å². The fourth-order valence-corrected chi connectivity index (χ4v) is 4.94. The number of carboxylic acids is 1. The molecule has 34 heavy (non-hydrogen) atoms. The maximum absolute atomic E-state index is 13.1. The zero-order valence-electron chi connectivity index (χ0n) is 20.5. The van der Waals surface area contributed by atoms with Crippen LogP contribution < -0.4 is 5.32 Å². The molecule has 0 saturated heterocycles. The summed E-state index contributed by atoms with van der Waals surface area (Å²) in [6.07, 6.45) is -0.709. The van der Waals surface area contributed by atoms with E-state index in [0.29, 0.717) is 0 Å². The highest BCUT2D eigenvalue weighted by Gasteiger charge is 2.41. The Morgan fingerprint density at radius 2 is 1.56 bits per heavy atom. The van der Waals surface area contributed by atoms with Gasteiger partial charge in [0.05, 0.1) is 11.8 Å². The minimum absolute atomic E-state index is 0.0487. The normalized spacial score (nSPS) is 13.7. The van der Waals surface area contributed by atoms with E-state index >= 15 is 0 Å². The molecule has 0 aromatic heterocycles. The van der Waals surface area contributed by atoms with E-state index < -0.39 is 23.5 Å². The summed E-state index contributed by atoms with van der Waals surface area (Å²) in [6, 6.07) is 15.8. The molecule has 1 atom stereocenters. The van der Waals surface area contributed by atoms with E-state index in [1.165, 1.54) is 4.90 Å². The highest BCUT2D eigenvalue weighted by molar-refractivity contribution is 5.84. The number of nitrogens with zero attached hydrogens (tertiary/aromatic N) is 1. The molecule has 2 N–H and O–H groups in total. The van der Waals surface area contributed by atoms with Crippen LogP contribution in [0.3, 0.4) is 0 Å². The van der Waals surface area contributed by atoms with Gasteiger partial charge in [-0.1, -0.05) is 62.4 Å². The van der Waals surface area contributed by atoms with Crippen LogP contribution in [0.1, 0.15) is 51.2 Å². The predicted molar refractivity (Wildman–Crippen MR) is 131 cm³/mol. The number of nitrogens with one attached hydrogen (secondary N) is 1. The number of amides is 2. The van der Waals surface area contributed by atoms with Gasteiger partial charge in [-0.3, -0.25) is 9.59 Å². The van der Waals surface area contributed by atoms with Crippen LogP contribution in [0.25, 0.3) is 11.1 Å². The average Bonchev–Trinajstić information content (AvgIpc) is 3.12. The first-order valence-corrected chi connectivity index (χ1v) is 11.6. The van der Waals surface area contributed by atoms with Gasteiger partial charge in [0.25, 0.3) is 0 Å². The first-order chi connectivity index (χ1) is 16.0. The number of carboxylic acid groups (broad SMARTS) is 1. The minimum Gasteiger partial charge on any atom is -0.481 e. The summed E-state index contributed by atoms with van der Waals surface area (Å²) in [4.78, 5) is 38.2. The number of carbonyl (C=O) groups excluding carboxylic acids is 2. The molecule has 0 heterocycles. The zero-order chi connectivity index (χ0) is 25.0. The molecule has 0 saturated carbocycles. The lowest BCUT2D eigenvalue weighted by Gasteiger charge is -2.38. The van der Waals surface area contributed by atoms with E-state index in [2.05, 4.69) is 29.6 Å². The smallest absolute Gasteiger partial charge is 0.407 e. The van der Waals surface area contributed by atoms with E-state index in [0.717, 1.165) is 22.3 Å². The van der Waals surface area contributed by atoms with Gasteiger partial charge in [0.1, 0.15) is 6.61 Å². The van der Waals surface area contributed by atoms with Crippen molar-refractivity contribution in [2.75, 3.05) is 20.2 Å². The van der Waals surface area contributed by atoms with Crippen LogP contribution in [0.4, 0.5) is 4.79 Å². The maximum atomic E-state index is 13.1. The van der Waals surface area contributed by atoms with Crippen molar-refractivity contribution in [2.45, 2.75) is 46.1 Å². The summed E-state index contributed by atoms with van der Waals surface area (Å²) in [5, 5.41) is 11.8. The number of rotatable bonds is 9. The van der Waals surface area contributed by atoms with Crippen molar-refractivity contribution in [3.05, 3.63) is 59.7 Å². The highest BCUT2D eigenvalue weighted by Crippen LogP contribution is 2.44. The van der Waals surface area contributed by atoms with Gasteiger partial charge in [-0.15, -0.1) is 0 Å². The van der Waals surface area contributed by atoms with Gasteiger partial charge in [0.2, 0.25) is 5.91 Å². The fourth-order valence-electron chi connectivity index (χ4n) is 4.94. The SMILES string of the molecule is CC(C)C(NC(=O)OCC1c2ccccc2-c2ccccc21)C(C)(C)C(=O)N(C)CCC(=O)O. The monoisotopic (exact) mass is 466 g/mol. The number of fused-ring (bicyclic) bond motifs is 3. The lowest BCUT2D eigenvalue weighted by Crippen LogP contribution is -2.55. The highest BCUT2D eigenvalue weighted by atomic mass is 16.5. The molecule has 0 spiro atoms. The van der Waals surface area contributed by atoms with Crippen LogP contribution in [-0.2, 0) is 14.3 Å². The van der Waals surface area contributed by atoms with Gasteiger partial charge in [0.15, 0.2) is 0 Å². The first kappa shape index (κ1) is 25.3. The van der Waals surface area contributed by atoms with Crippen LogP contribution in [0.15, 0.2) is 48.5 Å². The van der Waals surface area contributed by atoms with Gasteiger partial charge in [-0.05, 0) is 42.0 Å². The molecular weight excluding hydrogens is 432 g/mol. The van der Waals surface area contributed by atoms with Crippen LogP contribution in [0.5, 0.6) is 0 Å². The third-order valence-corrected chi connectivity index (χ3v) is 6.62. The molecule has 1 unspecified atom stereocenters. The van der Waals surface area contributed by atoms with Crippen LogP contribution >= 0.6 is 0 Å². The van der Waals surface area contributed by atoms with Crippen molar-refractivity contribution in [3.63, 3.8) is 0 Å². The number of benzene rings is 2. The molecule has 0 aliphatic heterocycles. The largest absolute Gasteiger partial charge is 0.481 e. The lowest BCUT2D eigenvalue weighted by molar-refractivity contribution is -0.143. The Bertz CT molecular complexity index is 1020. The minimum atomic E-state index is -0.963. The molecule has 2 aromatic carbocycles. The summed E-state index contributed by atoms with van der Waals surface area (Å²) in [6.45, 7) is 7.69. The second kappa shape index (κ2) is 10.3. The number of hydrogen-bond acceptors (Lipinski definition) is 4. The lowest BCUT2D eigenvalue weighted by atomic mass is 9.77. The Morgan fingerprint density at radius 1 is 1.03 bits per heavy atom. The van der Waals surface area contributed by atoms with Gasteiger partial charge in [-0.25, -0.2) is 4.79 Å². The number of carbonyl (C=O) groups is 3. The second-order valence-corrected chi connectivity index (χ2v) is 9.78. The fraction of sp³-hybridized carbons (Fsp3) is 0.444. The quantitative estimate of drug-likeness (QED) is 0.567. The number of aliphatic carboxylic acids is 1. The number of alkyl carbamates (subject to hydrolysis) is 1. The molecule has 2 aromatic rings. The van der Waals surface area contributed by atoms with Crippen molar-refractivity contribution < 1.29 is 24.2 Å². The first-order valence-electron chi connectivity index (χ1n) is 11.6. The van der Waals surface area contributed by atoms with Gasteiger partial charge in [-0.2, -0.15) is 0 Å². The summed E-state index contributed by atoms with van der Waals surface area (Å²) in [5.41, 5.74) is 3.62. The van der Waals surface area contributed by atoms with Gasteiger partial charge in [0, 0.05) is 25.6 Å². The van der Waals surface area contributed by atoms with Crippen molar-refractivity contribution in [1.29, 1.82) is 0 Å². The molecule has 1 aliphatic rings. The van der Waals surface area contributed by atoms with E-state index in [1.54, 1.807) is 20.9 Å². The second-order valence-electron chi connectivity index (χ2n) is 9.78. The number of ether oxygens (including phenoxy) is 1. The summed E-state index contributed by atoms with van der Waals surface area (Å²) in [5.74, 6) is -1.29. The third-order valence-electron chi connectivity index (χ3n) is 6.62. The maximum Gasteiger partial charge on any atom is 0.407 e. The van der Waals surface area contributed by atoms with Crippen molar-refractivity contribution in [1.82, 2.24) is 10.2 Å². The Balaban J connectivity index is 1.69. The molecule has 3 rings (SSSR count). The van der Waals surface area contributed by atoms with Gasteiger partial charge >= 0.3 is 12.1 Å². The van der Waals surface area contributed by atoms with Crippen molar-refractivity contribution >= 4 is 18.0 Å². The average molecular weight is 467 g/mol. The Labute approximate surface area is 201 Å². The Hall–Kier alpha value is -3.35. The van der Waals surface area contributed by atoms with Crippen molar-refractivity contribution in [3.8, 4) is 11.1 Å². The number of hydrogen-bond donors (Lipinski definition) is 2. The molecular formula is C27H34N2O5. The third kappa shape index (κ3) is 5.24. The van der Waals surface area contributed by atoms with Crippen LogP contribution in [-0.4, -0.2) is 54.2 Å². The predicted octanol–water partition coefficient (Wildman–Crippen LogP) is 4.51. The van der Waals surface area contributed by atoms with E-state index in [1.807, 2.05) is 38.1 Å². The summed E-state index contributed by atoms with van der Waals surface area (Å²) in [7, 11) is 1.58. The van der Waals surface area contributed by atoms with E-state index in [9.17, 15) is 14.4 Å². The molecule has 0 fully saturated rings. The van der Waals surface area contributed by atoms with Crippen molar-refractivity contribution in [2.24, 2.45) is 11.3 Å². The topological polar surface area (TPSA) is 95.9 Å². The zero-order valence-corrected chi connectivity index (χ0v) is 20.5. The molecule has 7 heteroatoms. The Kier molecular flexibility index (Phi) is 7.64. The van der Waals surface area contributed by atoms with Crippen LogP contribution in [0.2, 0.25) is 0 Å². The molecule has 7 nitrogen and oxygen atoms in total.